The number of likely N-dealkylation sites (tertiary alicyclic amines) is 1. The van der Waals surface area contributed by atoms with E-state index in [1.165, 1.54) is 4.90 Å². The molecule has 0 aromatic rings. The van der Waals surface area contributed by atoms with E-state index in [1.807, 2.05) is 0 Å². The van der Waals surface area contributed by atoms with Crippen molar-refractivity contribution in [3.05, 3.63) is 0 Å². The first-order valence-electron chi connectivity index (χ1n) is 4.27. The molecule has 1 saturated heterocycles. The Balaban J connectivity index is 0.00000121. The number of piperidine rings is 1. The maximum absolute atomic E-state index is 10.7. The zero-order valence-corrected chi connectivity index (χ0v) is 5.91. The molecule has 0 atom stereocenters. The molecule has 0 bridgehead atoms. The molecule has 1 fully saturated rings. The van der Waals surface area contributed by atoms with E-state index in [0.29, 0.717) is 25.9 Å². The van der Waals surface area contributed by atoms with Crippen LogP contribution in [0.5, 0.6) is 0 Å². The van der Waals surface area contributed by atoms with Crippen molar-refractivity contribution in [1.29, 1.82) is 0 Å². The minimum Gasteiger partial charge on any atom is -0.305 e. The third-order valence-corrected chi connectivity index (χ3v) is 1.32. The van der Waals surface area contributed by atoms with Crippen molar-refractivity contribution in [3.63, 3.8) is 0 Å². The van der Waals surface area contributed by atoms with E-state index >= 15 is 0 Å². The van der Waals surface area contributed by atoms with Gasteiger partial charge in [-0.2, -0.15) is 0 Å². The average molecular weight is 153 g/mol. The molecule has 0 aromatic heterocycles. The molecule has 0 saturated carbocycles. The Bertz CT molecular complexity index is 161. The third-order valence-electron chi connectivity index (χ3n) is 1.32. The van der Waals surface area contributed by atoms with Gasteiger partial charge in [0.15, 0.2) is 0 Å². The molecular formula is C6H12ClNO. The van der Waals surface area contributed by atoms with Crippen LogP contribution in [-0.4, -0.2) is 30.7 Å². The summed E-state index contributed by atoms with van der Waals surface area (Å²) >= 11 is 0. The van der Waals surface area contributed by atoms with E-state index < -0.39 is 6.98 Å². The lowest BCUT2D eigenvalue weighted by Gasteiger charge is -2.19. The maximum Gasteiger partial charge on any atom is 0.135 e. The SMILES string of the molecule is Cl.[2H]C([2H])([2H])N1CCC(=O)CC1. The maximum atomic E-state index is 10.7. The average Bonchev–Trinajstić information content (AvgIpc) is 1.86. The number of rotatable bonds is 0. The summed E-state index contributed by atoms with van der Waals surface area (Å²) in [4.78, 5) is 12.1. The lowest BCUT2D eigenvalue weighted by Crippen LogP contribution is -2.29. The van der Waals surface area contributed by atoms with E-state index in [-0.39, 0.29) is 18.2 Å². The van der Waals surface area contributed by atoms with Crippen LogP contribution >= 0.6 is 12.4 Å². The van der Waals surface area contributed by atoms with Crippen molar-refractivity contribution in [1.82, 2.24) is 4.90 Å². The van der Waals surface area contributed by atoms with Crippen LogP contribution in [0.25, 0.3) is 0 Å². The van der Waals surface area contributed by atoms with Gasteiger partial charge < -0.3 is 4.90 Å². The number of halogens is 1. The fourth-order valence-corrected chi connectivity index (χ4v) is 0.756. The van der Waals surface area contributed by atoms with Crippen molar-refractivity contribution in [2.75, 3.05) is 20.1 Å². The second kappa shape index (κ2) is 3.85. The molecule has 3 heteroatoms. The standard InChI is InChI=1S/C6H11NO.ClH/c1-7-4-2-6(8)3-5-7;/h2-5H2,1H3;1H/i1D3;. The molecule has 0 spiro atoms. The lowest BCUT2D eigenvalue weighted by molar-refractivity contribution is -0.121. The van der Waals surface area contributed by atoms with Gasteiger partial charge in [-0.3, -0.25) is 4.79 Å². The van der Waals surface area contributed by atoms with E-state index in [2.05, 4.69) is 0 Å². The molecule has 54 valence electrons. The van der Waals surface area contributed by atoms with Crippen molar-refractivity contribution in [3.8, 4) is 0 Å². The van der Waals surface area contributed by atoms with Gasteiger partial charge in [0.25, 0.3) is 0 Å². The summed E-state index contributed by atoms with van der Waals surface area (Å²) in [5.74, 6) is 0.172. The van der Waals surface area contributed by atoms with Crippen molar-refractivity contribution < 1.29 is 8.91 Å². The highest BCUT2D eigenvalue weighted by Gasteiger charge is 2.10. The molecule has 2 nitrogen and oxygen atoms in total. The molecule has 0 amide bonds. The zero-order chi connectivity index (χ0) is 8.48. The predicted octanol–water partition coefficient (Wildman–Crippen LogP) is 0.703. The summed E-state index contributed by atoms with van der Waals surface area (Å²) in [6, 6.07) is 0. The summed E-state index contributed by atoms with van der Waals surface area (Å²) in [5, 5.41) is 0. The van der Waals surface area contributed by atoms with Crippen LogP contribution in [0.4, 0.5) is 0 Å². The smallest absolute Gasteiger partial charge is 0.135 e. The summed E-state index contributed by atoms with van der Waals surface area (Å²) in [6.45, 7) is -1.24. The third kappa shape index (κ3) is 2.82. The first-order valence-corrected chi connectivity index (χ1v) is 2.77. The number of ketones is 1. The number of carbonyl (C=O) groups is 1. The molecule has 9 heavy (non-hydrogen) atoms. The molecule has 0 N–H and O–H groups in total. The molecule has 0 radical (unpaired) electrons. The van der Waals surface area contributed by atoms with E-state index in [1.54, 1.807) is 0 Å². The Morgan fingerprint density at radius 2 is 2.11 bits per heavy atom. The number of carbonyl (C=O) groups excluding carboxylic acids is 1. The molecule has 1 aliphatic rings. The predicted molar refractivity (Wildman–Crippen MR) is 39.0 cm³/mol. The van der Waals surface area contributed by atoms with Crippen LogP contribution in [0.15, 0.2) is 0 Å². The Morgan fingerprint density at radius 1 is 1.56 bits per heavy atom. The van der Waals surface area contributed by atoms with E-state index in [0.717, 1.165) is 0 Å². The quantitative estimate of drug-likeness (QED) is 0.510. The Hall–Kier alpha value is -0.0800. The largest absolute Gasteiger partial charge is 0.305 e. The Morgan fingerprint density at radius 3 is 2.56 bits per heavy atom. The van der Waals surface area contributed by atoms with Crippen LogP contribution in [0.1, 0.15) is 17.0 Å². The minimum atomic E-state index is -2.01. The van der Waals surface area contributed by atoms with Gasteiger partial charge in [0.2, 0.25) is 0 Å². The molecule has 1 aliphatic heterocycles. The minimum absolute atomic E-state index is 0. The van der Waals surface area contributed by atoms with Crippen molar-refractivity contribution >= 4 is 18.2 Å². The molecule has 0 aliphatic carbocycles. The Labute approximate surface area is 65.8 Å². The van der Waals surface area contributed by atoms with Gasteiger partial charge in [0.1, 0.15) is 5.78 Å². The number of nitrogens with zero attached hydrogens (tertiary/aromatic N) is 1. The summed E-state index contributed by atoms with van der Waals surface area (Å²) < 4.78 is 21.1. The molecular weight excluding hydrogens is 138 g/mol. The second-order valence-electron chi connectivity index (χ2n) is 2.03. The van der Waals surface area contributed by atoms with Gasteiger partial charge >= 0.3 is 0 Å². The van der Waals surface area contributed by atoms with Gasteiger partial charge in [0.05, 0.1) is 0 Å². The summed E-state index contributed by atoms with van der Waals surface area (Å²) in [5.41, 5.74) is 0. The monoisotopic (exact) mass is 152 g/mol. The van der Waals surface area contributed by atoms with Crippen molar-refractivity contribution in [2.24, 2.45) is 0 Å². The fraction of sp³-hybridized carbons (Fsp3) is 0.833. The first kappa shape index (κ1) is 4.69. The highest BCUT2D eigenvalue weighted by atomic mass is 35.5. The normalized spacial score (nSPS) is 27.6. The molecule has 1 rings (SSSR count). The van der Waals surface area contributed by atoms with Crippen LogP contribution in [-0.2, 0) is 4.79 Å². The topological polar surface area (TPSA) is 20.3 Å². The number of Topliss-reactive ketones (excluding diaryl/α,β-unsaturated/α-hetero) is 1. The summed E-state index contributed by atoms with van der Waals surface area (Å²) in [6.07, 6.45) is 0.775. The van der Waals surface area contributed by atoms with Gasteiger partial charge in [-0.25, -0.2) is 0 Å². The van der Waals surface area contributed by atoms with Crippen LogP contribution in [0.3, 0.4) is 0 Å². The van der Waals surface area contributed by atoms with Gasteiger partial charge in [-0.05, 0) is 6.98 Å². The Kier molecular flexibility index (Phi) is 2.01. The number of hydrogen-bond acceptors (Lipinski definition) is 2. The summed E-state index contributed by atoms with van der Waals surface area (Å²) in [7, 11) is 0. The van der Waals surface area contributed by atoms with Crippen LogP contribution in [0.2, 0.25) is 0 Å². The van der Waals surface area contributed by atoms with E-state index in [9.17, 15) is 4.79 Å². The first-order chi connectivity index (χ1) is 5.00. The van der Waals surface area contributed by atoms with E-state index in [4.69, 9.17) is 4.11 Å². The zero-order valence-electron chi connectivity index (χ0n) is 8.09. The van der Waals surface area contributed by atoms with Crippen molar-refractivity contribution in [2.45, 2.75) is 12.8 Å². The lowest BCUT2D eigenvalue weighted by atomic mass is 10.1. The fourth-order valence-electron chi connectivity index (χ4n) is 0.756. The molecule has 0 unspecified atom stereocenters. The van der Waals surface area contributed by atoms with Gasteiger partial charge in [-0.15, -0.1) is 12.4 Å². The van der Waals surface area contributed by atoms with Crippen LogP contribution < -0.4 is 0 Å². The van der Waals surface area contributed by atoms with Crippen LogP contribution in [0, 0.1) is 0 Å². The molecule has 1 heterocycles. The highest BCUT2D eigenvalue weighted by Crippen LogP contribution is 2.01. The van der Waals surface area contributed by atoms with Gasteiger partial charge in [-0.1, -0.05) is 0 Å². The highest BCUT2D eigenvalue weighted by molar-refractivity contribution is 5.85. The van der Waals surface area contributed by atoms with Gasteiger partial charge in [0, 0.05) is 30.0 Å². The molecule has 0 aromatic carbocycles. The second-order valence-corrected chi connectivity index (χ2v) is 2.03. The number of hydrogen-bond donors (Lipinski definition) is 0.